The SMILES string of the molecule is CSc1ccc(OC(C)(C)C)cc1C. The molecule has 0 aliphatic rings. The number of aryl methyl sites for hydroxylation is 1. The van der Waals surface area contributed by atoms with E-state index in [0.29, 0.717) is 0 Å². The van der Waals surface area contributed by atoms with Crippen LogP contribution in [0.4, 0.5) is 0 Å². The van der Waals surface area contributed by atoms with E-state index in [-0.39, 0.29) is 5.60 Å². The molecule has 0 aromatic heterocycles. The van der Waals surface area contributed by atoms with Gasteiger partial charge in [-0.05, 0) is 57.7 Å². The molecule has 0 spiro atoms. The van der Waals surface area contributed by atoms with Crippen molar-refractivity contribution in [3.05, 3.63) is 23.8 Å². The van der Waals surface area contributed by atoms with Crippen molar-refractivity contribution in [1.29, 1.82) is 0 Å². The van der Waals surface area contributed by atoms with Crippen molar-refractivity contribution in [2.24, 2.45) is 0 Å². The second kappa shape index (κ2) is 4.26. The first-order valence-corrected chi connectivity index (χ1v) is 5.98. The minimum Gasteiger partial charge on any atom is -0.488 e. The van der Waals surface area contributed by atoms with Crippen LogP contribution in [-0.2, 0) is 0 Å². The van der Waals surface area contributed by atoms with Gasteiger partial charge in [-0.15, -0.1) is 11.8 Å². The van der Waals surface area contributed by atoms with Crippen LogP contribution in [0.5, 0.6) is 5.75 Å². The lowest BCUT2D eigenvalue weighted by atomic mass is 10.2. The van der Waals surface area contributed by atoms with Gasteiger partial charge in [0.25, 0.3) is 0 Å². The largest absolute Gasteiger partial charge is 0.488 e. The van der Waals surface area contributed by atoms with Crippen molar-refractivity contribution in [3.8, 4) is 5.75 Å². The summed E-state index contributed by atoms with van der Waals surface area (Å²) < 4.78 is 5.77. The van der Waals surface area contributed by atoms with Gasteiger partial charge in [-0.25, -0.2) is 0 Å². The van der Waals surface area contributed by atoms with Crippen LogP contribution in [-0.4, -0.2) is 11.9 Å². The molecule has 1 nitrogen and oxygen atoms in total. The van der Waals surface area contributed by atoms with Gasteiger partial charge in [0.05, 0.1) is 0 Å². The Morgan fingerprint density at radius 1 is 1.21 bits per heavy atom. The van der Waals surface area contributed by atoms with Crippen LogP contribution in [0.1, 0.15) is 26.3 Å². The van der Waals surface area contributed by atoms with E-state index >= 15 is 0 Å². The minimum absolute atomic E-state index is 0.118. The third kappa shape index (κ3) is 3.26. The van der Waals surface area contributed by atoms with Crippen molar-refractivity contribution < 1.29 is 4.74 Å². The van der Waals surface area contributed by atoms with Crippen molar-refractivity contribution in [2.45, 2.75) is 38.2 Å². The Morgan fingerprint density at radius 3 is 2.29 bits per heavy atom. The highest BCUT2D eigenvalue weighted by molar-refractivity contribution is 7.98. The van der Waals surface area contributed by atoms with E-state index in [1.807, 2.05) is 6.07 Å². The molecule has 0 heterocycles. The number of hydrogen-bond donors (Lipinski definition) is 0. The standard InChI is InChI=1S/C12H18OS/c1-9-8-10(13-12(2,3)4)6-7-11(9)14-5/h6-8H,1-5H3. The van der Waals surface area contributed by atoms with Crippen LogP contribution in [0.25, 0.3) is 0 Å². The fourth-order valence-electron chi connectivity index (χ4n) is 1.27. The molecule has 78 valence electrons. The molecule has 0 unspecified atom stereocenters. The summed E-state index contributed by atoms with van der Waals surface area (Å²) in [7, 11) is 0. The molecule has 0 fully saturated rings. The first-order chi connectivity index (χ1) is 6.42. The summed E-state index contributed by atoms with van der Waals surface area (Å²) in [5, 5.41) is 0. The molecule has 0 atom stereocenters. The second-order valence-electron chi connectivity index (χ2n) is 4.35. The highest BCUT2D eigenvalue weighted by atomic mass is 32.2. The third-order valence-electron chi connectivity index (χ3n) is 1.79. The molecule has 0 aliphatic heterocycles. The zero-order valence-corrected chi connectivity index (χ0v) is 10.4. The molecule has 1 aromatic rings. The van der Waals surface area contributed by atoms with E-state index in [2.05, 4.69) is 46.1 Å². The van der Waals surface area contributed by atoms with Crippen LogP contribution in [0.15, 0.2) is 23.1 Å². The van der Waals surface area contributed by atoms with Crippen LogP contribution in [0.2, 0.25) is 0 Å². The van der Waals surface area contributed by atoms with Crippen molar-refractivity contribution in [1.82, 2.24) is 0 Å². The first kappa shape index (κ1) is 11.4. The second-order valence-corrected chi connectivity index (χ2v) is 5.19. The van der Waals surface area contributed by atoms with Gasteiger partial charge >= 0.3 is 0 Å². The van der Waals surface area contributed by atoms with Gasteiger partial charge in [-0.3, -0.25) is 0 Å². The van der Waals surface area contributed by atoms with E-state index in [1.165, 1.54) is 10.5 Å². The topological polar surface area (TPSA) is 9.23 Å². The van der Waals surface area contributed by atoms with Crippen molar-refractivity contribution in [3.63, 3.8) is 0 Å². The average molecular weight is 210 g/mol. The molecule has 0 saturated carbocycles. The molecule has 1 aromatic carbocycles. The molecule has 14 heavy (non-hydrogen) atoms. The van der Waals surface area contributed by atoms with Crippen molar-refractivity contribution >= 4 is 11.8 Å². The Labute approximate surface area is 90.9 Å². The van der Waals surface area contributed by atoms with Gasteiger partial charge in [0.15, 0.2) is 0 Å². The van der Waals surface area contributed by atoms with Crippen LogP contribution >= 0.6 is 11.8 Å². The summed E-state index contributed by atoms with van der Waals surface area (Å²) in [5.74, 6) is 0.952. The van der Waals surface area contributed by atoms with Gasteiger partial charge in [-0.2, -0.15) is 0 Å². The Balaban J connectivity index is 2.87. The summed E-state index contributed by atoms with van der Waals surface area (Å²) in [5.41, 5.74) is 1.16. The predicted molar refractivity (Wildman–Crippen MR) is 63.3 cm³/mol. The first-order valence-electron chi connectivity index (χ1n) is 4.76. The molecule has 0 aliphatic carbocycles. The number of ether oxygens (including phenoxy) is 1. The fraction of sp³-hybridized carbons (Fsp3) is 0.500. The minimum atomic E-state index is -0.118. The Morgan fingerprint density at radius 2 is 1.86 bits per heavy atom. The third-order valence-corrected chi connectivity index (χ3v) is 2.69. The molecule has 2 heteroatoms. The van der Waals surface area contributed by atoms with Crippen molar-refractivity contribution in [2.75, 3.05) is 6.26 Å². The Hall–Kier alpha value is -0.630. The number of thioether (sulfide) groups is 1. The van der Waals surface area contributed by atoms with Crippen LogP contribution < -0.4 is 4.74 Å². The monoisotopic (exact) mass is 210 g/mol. The lowest BCUT2D eigenvalue weighted by Gasteiger charge is -2.21. The fourth-order valence-corrected chi connectivity index (χ4v) is 1.85. The quantitative estimate of drug-likeness (QED) is 0.685. The Kier molecular flexibility index (Phi) is 3.48. The van der Waals surface area contributed by atoms with E-state index < -0.39 is 0 Å². The zero-order valence-electron chi connectivity index (χ0n) is 9.55. The van der Waals surface area contributed by atoms with E-state index in [9.17, 15) is 0 Å². The van der Waals surface area contributed by atoms with Gasteiger partial charge in [-0.1, -0.05) is 0 Å². The average Bonchev–Trinajstić information content (AvgIpc) is 2.01. The number of hydrogen-bond acceptors (Lipinski definition) is 2. The Bertz CT molecular complexity index is 313. The molecule has 0 saturated heterocycles. The van der Waals surface area contributed by atoms with Gasteiger partial charge in [0.2, 0.25) is 0 Å². The maximum absolute atomic E-state index is 5.77. The summed E-state index contributed by atoms with van der Waals surface area (Å²) in [6, 6.07) is 6.24. The summed E-state index contributed by atoms with van der Waals surface area (Å²) in [6.07, 6.45) is 2.09. The predicted octanol–water partition coefficient (Wildman–Crippen LogP) is 3.89. The number of rotatable bonds is 2. The normalized spacial score (nSPS) is 11.5. The highest BCUT2D eigenvalue weighted by Crippen LogP contribution is 2.26. The number of benzene rings is 1. The zero-order chi connectivity index (χ0) is 10.8. The molecular weight excluding hydrogens is 192 g/mol. The van der Waals surface area contributed by atoms with Gasteiger partial charge in [0, 0.05) is 4.90 Å². The lowest BCUT2D eigenvalue weighted by Crippen LogP contribution is -2.22. The summed E-state index contributed by atoms with van der Waals surface area (Å²) in [6.45, 7) is 8.29. The summed E-state index contributed by atoms with van der Waals surface area (Å²) in [4.78, 5) is 1.31. The molecular formula is C12H18OS. The summed E-state index contributed by atoms with van der Waals surface area (Å²) >= 11 is 1.77. The van der Waals surface area contributed by atoms with E-state index in [1.54, 1.807) is 11.8 Å². The molecule has 0 radical (unpaired) electrons. The van der Waals surface area contributed by atoms with E-state index in [4.69, 9.17) is 4.74 Å². The molecule has 1 rings (SSSR count). The van der Waals surface area contributed by atoms with Gasteiger partial charge in [0.1, 0.15) is 11.4 Å². The highest BCUT2D eigenvalue weighted by Gasteiger charge is 2.11. The smallest absolute Gasteiger partial charge is 0.120 e. The molecule has 0 bridgehead atoms. The molecule has 0 amide bonds. The maximum Gasteiger partial charge on any atom is 0.120 e. The van der Waals surface area contributed by atoms with E-state index in [0.717, 1.165) is 5.75 Å². The van der Waals surface area contributed by atoms with Crippen LogP contribution in [0.3, 0.4) is 0 Å². The van der Waals surface area contributed by atoms with Crippen LogP contribution in [0, 0.1) is 6.92 Å². The van der Waals surface area contributed by atoms with Gasteiger partial charge < -0.3 is 4.74 Å². The molecule has 0 N–H and O–H groups in total. The lowest BCUT2D eigenvalue weighted by molar-refractivity contribution is 0.131. The maximum atomic E-state index is 5.77.